The number of pyridine rings is 1. The molecule has 4 heteroatoms. The molecule has 2 aromatic heterocycles. The Bertz CT molecular complexity index is 1100. The van der Waals surface area contributed by atoms with Crippen LogP contribution in [0.15, 0.2) is 77.5 Å². The summed E-state index contributed by atoms with van der Waals surface area (Å²) >= 11 is 3.44. The molecule has 0 fully saturated rings. The van der Waals surface area contributed by atoms with Crippen LogP contribution in [0, 0.1) is 6.92 Å². The van der Waals surface area contributed by atoms with Crippen molar-refractivity contribution in [1.82, 2.24) is 9.38 Å². The highest BCUT2D eigenvalue weighted by Crippen LogP contribution is 2.22. The SMILES string of the molecule is Cc1cccn2cc(-c3ccc(CC(=O)c4ccccc4Br)cc3)nc12. The molecule has 4 aromatic rings. The van der Waals surface area contributed by atoms with Gasteiger partial charge in [-0.1, -0.05) is 64.5 Å². The van der Waals surface area contributed by atoms with Crippen LogP contribution in [0.4, 0.5) is 0 Å². The van der Waals surface area contributed by atoms with Crippen molar-refractivity contribution < 1.29 is 4.79 Å². The summed E-state index contributed by atoms with van der Waals surface area (Å²) in [6.07, 6.45) is 4.42. The van der Waals surface area contributed by atoms with Crippen molar-refractivity contribution in [2.24, 2.45) is 0 Å². The minimum Gasteiger partial charge on any atom is -0.306 e. The number of aromatic nitrogens is 2. The van der Waals surface area contributed by atoms with Crippen molar-refractivity contribution in [2.75, 3.05) is 0 Å². The average molecular weight is 405 g/mol. The lowest BCUT2D eigenvalue weighted by atomic mass is 10.0. The summed E-state index contributed by atoms with van der Waals surface area (Å²) in [6.45, 7) is 2.06. The molecule has 0 spiro atoms. The van der Waals surface area contributed by atoms with Gasteiger partial charge in [0.05, 0.1) is 5.69 Å². The third-order valence-corrected chi connectivity index (χ3v) is 5.16. The largest absolute Gasteiger partial charge is 0.306 e. The van der Waals surface area contributed by atoms with Crippen LogP contribution in [0.25, 0.3) is 16.9 Å². The second-order valence-corrected chi connectivity index (χ2v) is 7.18. The summed E-state index contributed by atoms with van der Waals surface area (Å²) in [5, 5.41) is 0. The molecule has 0 unspecified atom stereocenters. The summed E-state index contributed by atoms with van der Waals surface area (Å²) in [5.41, 5.74) is 5.81. The number of imidazole rings is 1. The van der Waals surface area contributed by atoms with E-state index in [2.05, 4.69) is 28.9 Å². The van der Waals surface area contributed by atoms with Gasteiger partial charge in [-0.3, -0.25) is 4.79 Å². The Labute approximate surface area is 160 Å². The van der Waals surface area contributed by atoms with Crippen LogP contribution < -0.4 is 0 Å². The molecule has 0 saturated carbocycles. The fourth-order valence-electron chi connectivity index (χ4n) is 3.05. The second-order valence-electron chi connectivity index (χ2n) is 6.32. The Morgan fingerprint density at radius 3 is 2.54 bits per heavy atom. The lowest BCUT2D eigenvalue weighted by molar-refractivity contribution is 0.0992. The number of fused-ring (bicyclic) bond motifs is 1. The van der Waals surface area contributed by atoms with Crippen molar-refractivity contribution in [3.05, 3.63) is 94.2 Å². The first-order valence-corrected chi connectivity index (χ1v) is 9.22. The Morgan fingerprint density at radius 1 is 1.04 bits per heavy atom. The van der Waals surface area contributed by atoms with E-state index >= 15 is 0 Å². The summed E-state index contributed by atoms with van der Waals surface area (Å²) < 4.78 is 2.87. The number of hydrogen-bond donors (Lipinski definition) is 0. The van der Waals surface area contributed by atoms with Crippen molar-refractivity contribution in [3.8, 4) is 11.3 Å². The van der Waals surface area contributed by atoms with Gasteiger partial charge in [0, 0.05) is 34.4 Å². The Kier molecular flexibility index (Phi) is 4.43. The summed E-state index contributed by atoms with van der Waals surface area (Å²) in [4.78, 5) is 17.2. The lowest BCUT2D eigenvalue weighted by Gasteiger charge is -2.05. The number of Topliss-reactive ketones (excluding diaryl/α,β-unsaturated/α-hetero) is 1. The zero-order valence-corrected chi connectivity index (χ0v) is 15.9. The maximum atomic E-state index is 12.5. The van der Waals surface area contributed by atoms with Gasteiger partial charge in [0.25, 0.3) is 0 Å². The zero-order chi connectivity index (χ0) is 18.1. The fraction of sp³-hybridized carbons (Fsp3) is 0.0909. The molecule has 2 heterocycles. The molecule has 0 amide bonds. The van der Waals surface area contributed by atoms with Crippen LogP contribution in [0.1, 0.15) is 21.5 Å². The highest BCUT2D eigenvalue weighted by molar-refractivity contribution is 9.10. The standard InChI is InChI=1S/C22H17BrN2O/c1-15-5-4-12-25-14-20(24-22(15)25)17-10-8-16(9-11-17)13-21(26)18-6-2-3-7-19(18)23/h2-12,14H,13H2,1H3. The highest BCUT2D eigenvalue weighted by atomic mass is 79.9. The molecular weight excluding hydrogens is 388 g/mol. The first kappa shape index (κ1) is 16.7. The van der Waals surface area contributed by atoms with Crippen molar-refractivity contribution >= 4 is 27.4 Å². The maximum absolute atomic E-state index is 12.5. The van der Waals surface area contributed by atoms with E-state index in [-0.39, 0.29) is 5.78 Å². The second kappa shape index (κ2) is 6.89. The van der Waals surface area contributed by atoms with E-state index in [0.29, 0.717) is 12.0 Å². The van der Waals surface area contributed by atoms with E-state index in [1.165, 1.54) is 0 Å². The van der Waals surface area contributed by atoms with Gasteiger partial charge in [0.1, 0.15) is 5.65 Å². The average Bonchev–Trinajstić information content (AvgIpc) is 3.08. The van der Waals surface area contributed by atoms with Crippen LogP contribution in [-0.2, 0) is 6.42 Å². The predicted molar refractivity (Wildman–Crippen MR) is 108 cm³/mol. The number of benzene rings is 2. The molecule has 4 rings (SSSR count). The summed E-state index contributed by atoms with van der Waals surface area (Å²) in [5.74, 6) is 0.105. The lowest BCUT2D eigenvalue weighted by Crippen LogP contribution is -2.04. The van der Waals surface area contributed by atoms with Crippen molar-refractivity contribution in [3.63, 3.8) is 0 Å². The fourth-order valence-corrected chi connectivity index (χ4v) is 3.56. The Hall–Kier alpha value is -2.72. The number of halogens is 1. The van der Waals surface area contributed by atoms with E-state index < -0.39 is 0 Å². The van der Waals surface area contributed by atoms with Gasteiger partial charge in [-0.25, -0.2) is 4.98 Å². The molecule has 3 nitrogen and oxygen atoms in total. The van der Waals surface area contributed by atoms with E-state index in [9.17, 15) is 4.79 Å². The Balaban J connectivity index is 1.57. The van der Waals surface area contributed by atoms with Crippen molar-refractivity contribution in [1.29, 1.82) is 0 Å². The van der Waals surface area contributed by atoms with E-state index in [1.54, 1.807) is 0 Å². The quantitative estimate of drug-likeness (QED) is 0.421. The van der Waals surface area contributed by atoms with Crippen LogP contribution in [0.2, 0.25) is 0 Å². The summed E-state index contributed by atoms with van der Waals surface area (Å²) in [6, 6.07) is 19.7. The monoisotopic (exact) mass is 404 g/mol. The highest BCUT2D eigenvalue weighted by Gasteiger charge is 2.11. The Morgan fingerprint density at radius 2 is 1.81 bits per heavy atom. The molecule has 26 heavy (non-hydrogen) atoms. The predicted octanol–water partition coefficient (Wildman–Crippen LogP) is 5.50. The number of rotatable bonds is 4. The number of ketones is 1. The molecule has 128 valence electrons. The number of nitrogens with zero attached hydrogens (tertiary/aromatic N) is 2. The van der Waals surface area contributed by atoms with Gasteiger partial charge >= 0.3 is 0 Å². The summed E-state index contributed by atoms with van der Waals surface area (Å²) in [7, 11) is 0. The molecule has 0 radical (unpaired) electrons. The molecule has 0 atom stereocenters. The molecule has 2 aromatic carbocycles. The van der Waals surface area contributed by atoms with Gasteiger partial charge in [-0.2, -0.15) is 0 Å². The molecule has 0 aliphatic heterocycles. The maximum Gasteiger partial charge on any atom is 0.168 e. The van der Waals surface area contributed by atoms with Crippen LogP contribution in [0.3, 0.4) is 0 Å². The van der Waals surface area contributed by atoms with Crippen LogP contribution >= 0.6 is 15.9 Å². The molecule has 0 aliphatic rings. The normalized spacial score (nSPS) is 11.0. The van der Waals surface area contributed by atoms with Gasteiger partial charge in [-0.05, 0) is 30.2 Å². The first-order chi connectivity index (χ1) is 12.6. The van der Waals surface area contributed by atoms with Gasteiger partial charge < -0.3 is 4.40 Å². The van der Waals surface area contributed by atoms with E-state index in [0.717, 1.165) is 32.5 Å². The third-order valence-electron chi connectivity index (χ3n) is 4.47. The molecule has 0 bridgehead atoms. The van der Waals surface area contributed by atoms with Crippen LogP contribution in [-0.4, -0.2) is 15.2 Å². The zero-order valence-electron chi connectivity index (χ0n) is 14.3. The smallest absolute Gasteiger partial charge is 0.168 e. The van der Waals surface area contributed by atoms with Gasteiger partial charge in [-0.15, -0.1) is 0 Å². The number of hydrogen-bond acceptors (Lipinski definition) is 2. The number of aryl methyl sites for hydroxylation is 1. The molecule has 0 N–H and O–H groups in total. The van der Waals surface area contributed by atoms with Gasteiger partial charge in [0.15, 0.2) is 5.78 Å². The third kappa shape index (κ3) is 3.20. The number of carbonyl (C=O) groups is 1. The minimum absolute atomic E-state index is 0.105. The first-order valence-electron chi connectivity index (χ1n) is 8.43. The van der Waals surface area contributed by atoms with Gasteiger partial charge in [0.2, 0.25) is 0 Å². The molecule has 0 aliphatic carbocycles. The topological polar surface area (TPSA) is 34.4 Å². The molecular formula is C22H17BrN2O. The number of carbonyl (C=O) groups excluding carboxylic acids is 1. The van der Waals surface area contributed by atoms with Crippen LogP contribution in [0.5, 0.6) is 0 Å². The van der Waals surface area contributed by atoms with Crippen molar-refractivity contribution in [2.45, 2.75) is 13.3 Å². The minimum atomic E-state index is 0.105. The van der Waals surface area contributed by atoms with E-state index in [4.69, 9.17) is 4.98 Å². The molecule has 0 saturated heterocycles. The van der Waals surface area contributed by atoms with E-state index in [1.807, 2.05) is 71.4 Å².